The Kier molecular flexibility index (Phi) is 5.51. The molecule has 0 unspecified atom stereocenters. The molecule has 1 aliphatic rings. The Hall–Kier alpha value is -1.76. The van der Waals surface area contributed by atoms with Crippen molar-refractivity contribution in [2.75, 3.05) is 6.54 Å². The Morgan fingerprint density at radius 3 is 2.52 bits per heavy atom. The molecule has 1 aromatic carbocycles. The highest BCUT2D eigenvalue weighted by Crippen LogP contribution is 2.30. The highest BCUT2D eigenvalue weighted by atomic mass is 35.5. The topological polar surface area (TPSA) is 58.2 Å². The van der Waals surface area contributed by atoms with Gasteiger partial charge in [-0.05, 0) is 24.1 Å². The van der Waals surface area contributed by atoms with Crippen LogP contribution in [0.3, 0.4) is 0 Å². The molecule has 0 aromatic heterocycles. The van der Waals surface area contributed by atoms with Gasteiger partial charge in [0.15, 0.2) is 0 Å². The van der Waals surface area contributed by atoms with E-state index in [0.29, 0.717) is 17.0 Å². The summed E-state index contributed by atoms with van der Waals surface area (Å²) < 4.78 is 38.3. The first-order valence-electron chi connectivity index (χ1n) is 7.14. The molecule has 1 aromatic rings. The summed E-state index contributed by atoms with van der Waals surface area (Å²) in [4.78, 5) is 23.3. The van der Waals surface area contributed by atoms with Crippen molar-refractivity contribution in [3.05, 3.63) is 34.9 Å². The van der Waals surface area contributed by atoms with Gasteiger partial charge in [-0.1, -0.05) is 23.7 Å². The molecule has 2 atom stereocenters. The van der Waals surface area contributed by atoms with Gasteiger partial charge in [-0.3, -0.25) is 9.59 Å². The van der Waals surface area contributed by atoms with E-state index in [9.17, 15) is 22.8 Å². The summed E-state index contributed by atoms with van der Waals surface area (Å²) >= 11 is 5.74. The van der Waals surface area contributed by atoms with Gasteiger partial charge in [-0.2, -0.15) is 13.2 Å². The lowest BCUT2D eigenvalue weighted by molar-refractivity contribution is -0.143. The SMILES string of the molecule is O=C1CC[C@@H](C(=O)N[C@H](CC(F)(F)F)c2ccc(Cl)cc2)CN1. The van der Waals surface area contributed by atoms with Crippen LogP contribution in [0, 0.1) is 5.92 Å². The molecule has 2 N–H and O–H groups in total. The normalized spacial score (nSPS) is 19.8. The van der Waals surface area contributed by atoms with Crippen molar-refractivity contribution < 1.29 is 22.8 Å². The van der Waals surface area contributed by atoms with Crippen LogP contribution in [0.2, 0.25) is 5.02 Å². The van der Waals surface area contributed by atoms with Crippen LogP contribution in [0.4, 0.5) is 13.2 Å². The van der Waals surface area contributed by atoms with Gasteiger partial charge in [0.1, 0.15) is 0 Å². The third kappa shape index (κ3) is 5.42. The summed E-state index contributed by atoms with van der Waals surface area (Å²) in [6, 6.07) is 4.70. The highest BCUT2D eigenvalue weighted by Gasteiger charge is 2.35. The van der Waals surface area contributed by atoms with Gasteiger partial charge >= 0.3 is 6.18 Å². The van der Waals surface area contributed by atoms with Gasteiger partial charge in [0.25, 0.3) is 0 Å². The Bertz CT molecular complexity index is 565. The number of amides is 2. The number of rotatable bonds is 4. The van der Waals surface area contributed by atoms with Crippen LogP contribution in [0.15, 0.2) is 24.3 Å². The zero-order valence-corrected chi connectivity index (χ0v) is 12.9. The summed E-state index contributed by atoms with van der Waals surface area (Å²) in [7, 11) is 0. The largest absolute Gasteiger partial charge is 0.391 e. The molecule has 0 aliphatic carbocycles. The summed E-state index contributed by atoms with van der Waals surface area (Å²) in [6.45, 7) is 0.143. The molecular weight excluding hydrogens is 333 g/mol. The standard InChI is InChI=1S/C15H16ClF3N2O2/c16-11-4-1-9(2-5-11)12(7-15(17,18)19)21-14(23)10-3-6-13(22)20-8-10/h1-2,4-5,10,12H,3,6-8H2,(H,20,22)(H,21,23)/t10-,12-/m1/s1. The lowest BCUT2D eigenvalue weighted by Crippen LogP contribution is -2.44. The van der Waals surface area contributed by atoms with Crippen LogP contribution in [0.5, 0.6) is 0 Å². The third-order valence-electron chi connectivity index (χ3n) is 3.66. The first kappa shape index (κ1) is 17.6. The van der Waals surface area contributed by atoms with Crippen LogP contribution < -0.4 is 10.6 Å². The fraction of sp³-hybridized carbons (Fsp3) is 0.467. The summed E-state index contributed by atoms with van der Waals surface area (Å²) in [5, 5.41) is 5.39. The van der Waals surface area contributed by atoms with Crippen LogP contribution in [-0.2, 0) is 9.59 Å². The summed E-state index contributed by atoms with van der Waals surface area (Å²) in [5.74, 6) is -1.16. The van der Waals surface area contributed by atoms with E-state index in [2.05, 4.69) is 10.6 Å². The number of halogens is 4. The smallest absolute Gasteiger partial charge is 0.355 e. The molecule has 2 amide bonds. The zero-order valence-electron chi connectivity index (χ0n) is 12.1. The van der Waals surface area contributed by atoms with Crippen LogP contribution in [0.1, 0.15) is 30.9 Å². The minimum Gasteiger partial charge on any atom is -0.355 e. The molecule has 1 aliphatic heterocycles. The summed E-state index contributed by atoms with van der Waals surface area (Å²) in [5.41, 5.74) is 0.333. The van der Waals surface area contributed by atoms with Gasteiger partial charge in [-0.25, -0.2) is 0 Å². The molecular formula is C15H16ClF3N2O2. The van der Waals surface area contributed by atoms with E-state index < -0.39 is 30.5 Å². The Morgan fingerprint density at radius 1 is 1.35 bits per heavy atom. The molecule has 126 valence electrons. The quantitative estimate of drug-likeness (QED) is 0.879. The first-order valence-corrected chi connectivity index (χ1v) is 7.51. The van der Waals surface area contributed by atoms with Crippen molar-refractivity contribution in [2.24, 2.45) is 5.92 Å². The first-order chi connectivity index (χ1) is 10.7. The number of carbonyl (C=O) groups is 2. The Labute approximate surface area is 136 Å². The van der Waals surface area contributed by atoms with Gasteiger partial charge in [0.05, 0.1) is 18.4 Å². The molecule has 1 saturated heterocycles. The van der Waals surface area contributed by atoms with Crippen molar-refractivity contribution in [1.29, 1.82) is 0 Å². The van der Waals surface area contributed by atoms with Gasteiger partial charge in [0.2, 0.25) is 11.8 Å². The van der Waals surface area contributed by atoms with E-state index in [0.717, 1.165) is 0 Å². The van der Waals surface area contributed by atoms with Crippen molar-refractivity contribution in [3.8, 4) is 0 Å². The van der Waals surface area contributed by atoms with Crippen molar-refractivity contribution in [2.45, 2.75) is 31.5 Å². The van der Waals surface area contributed by atoms with Crippen LogP contribution in [0.25, 0.3) is 0 Å². The average Bonchev–Trinajstić information content (AvgIpc) is 2.46. The van der Waals surface area contributed by atoms with E-state index in [1.54, 1.807) is 0 Å². The Balaban J connectivity index is 2.09. The van der Waals surface area contributed by atoms with E-state index in [1.807, 2.05) is 0 Å². The van der Waals surface area contributed by atoms with E-state index in [1.165, 1.54) is 24.3 Å². The van der Waals surface area contributed by atoms with E-state index in [-0.39, 0.29) is 18.9 Å². The van der Waals surface area contributed by atoms with Crippen LogP contribution in [-0.4, -0.2) is 24.5 Å². The maximum absolute atomic E-state index is 12.8. The second kappa shape index (κ2) is 7.21. The second-order valence-electron chi connectivity index (χ2n) is 5.47. The molecule has 0 saturated carbocycles. The molecule has 1 fully saturated rings. The lowest BCUT2D eigenvalue weighted by atomic mass is 9.96. The number of carbonyl (C=O) groups excluding carboxylic acids is 2. The molecule has 23 heavy (non-hydrogen) atoms. The molecule has 1 heterocycles. The molecule has 2 rings (SSSR count). The second-order valence-corrected chi connectivity index (χ2v) is 5.91. The maximum Gasteiger partial charge on any atom is 0.391 e. The fourth-order valence-corrected chi connectivity index (χ4v) is 2.55. The monoisotopic (exact) mass is 348 g/mol. The number of hydrogen-bond donors (Lipinski definition) is 2. The molecule has 4 nitrogen and oxygen atoms in total. The minimum absolute atomic E-state index is 0.143. The third-order valence-corrected chi connectivity index (χ3v) is 3.91. The lowest BCUT2D eigenvalue weighted by Gasteiger charge is -2.26. The number of nitrogens with one attached hydrogen (secondary N) is 2. The molecule has 0 radical (unpaired) electrons. The fourth-order valence-electron chi connectivity index (χ4n) is 2.42. The van der Waals surface area contributed by atoms with E-state index >= 15 is 0 Å². The Morgan fingerprint density at radius 2 is 2.00 bits per heavy atom. The predicted molar refractivity (Wildman–Crippen MR) is 78.7 cm³/mol. The van der Waals surface area contributed by atoms with Gasteiger partial charge in [0, 0.05) is 18.0 Å². The van der Waals surface area contributed by atoms with E-state index in [4.69, 9.17) is 11.6 Å². The number of piperidine rings is 1. The van der Waals surface area contributed by atoms with Crippen LogP contribution >= 0.6 is 11.6 Å². The highest BCUT2D eigenvalue weighted by molar-refractivity contribution is 6.30. The molecule has 0 bridgehead atoms. The number of benzene rings is 1. The molecule has 0 spiro atoms. The van der Waals surface area contributed by atoms with Gasteiger partial charge < -0.3 is 10.6 Å². The van der Waals surface area contributed by atoms with Crippen molar-refractivity contribution in [3.63, 3.8) is 0 Å². The molecule has 8 heteroatoms. The van der Waals surface area contributed by atoms with Crippen molar-refractivity contribution >= 4 is 23.4 Å². The minimum atomic E-state index is -4.42. The van der Waals surface area contributed by atoms with Gasteiger partial charge in [-0.15, -0.1) is 0 Å². The number of alkyl halides is 3. The van der Waals surface area contributed by atoms with Crippen molar-refractivity contribution in [1.82, 2.24) is 10.6 Å². The summed E-state index contributed by atoms with van der Waals surface area (Å²) in [6.07, 6.45) is -5.06. The number of hydrogen-bond acceptors (Lipinski definition) is 2. The average molecular weight is 349 g/mol. The predicted octanol–water partition coefficient (Wildman–Crippen LogP) is 2.98. The maximum atomic E-state index is 12.8. The zero-order chi connectivity index (χ0) is 17.0.